The molecule has 0 saturated heterocycles. The smallest absolute Gasteiger partial charge is 0.504 e. The van der Waals surface area contributed by atoms with Crippen LogP contribution in [0.2, 0.25) is 0 Å². The fourth-order valence-electron chi connectivity index (χ4n) is 0.844. The van der Waals surface area contributed by atoms with E-state index in [2.05, 4.69) is 12.4 Å². The minimum atomic E-state index is -0.197. The summed E-state index contributed by atoms with van der Waals surface area (Å²) in [5.74, 6) is 0.535. The van der Waals surface area contributed by atoms with E-state index in [1.54, 1.807) is 31.4 Å². The normalized spacial score (nSPS) is 8.46. The molecule has 0 aliphatic carbocycles. The molecule has 0 bridgehead atoms. The Morgan fingerprint density at radius 2 is 1.92 bits per heavy atom. The molecule has 4 heteroatoms. The number of hydrogen-bond donors (Lipinski definition) is 1. The van der Waals surface area contributed by atoms with Crippen molar-refractivity contribution in [3.8, 4) is 5.75 Å². The van der Waals surface area contributed by atoms with Crippen LogP contribution in [0, 0.1) is 7.05 Å². The molecule has 64 valence electrons. The Balaban J connectivity index is 0.00000144. The molecule has 0 spiro atoms. The van der Waals surface area contributed by atoms with E-state index in [9.17, 15) is 4.79 Å². The Labute approximate surface area is 120 Å². The van der Waals surface area contributed by atoms with Gasteiger partial charge in [0, 0.05) is 5.56 Å². The molecule has 0 fully saturated rings. The maximum absolute atomic E-state index is 11.0. The summed E-state index contributed by atoms with van der Waals surface area (Å²) in [5.41, 5.74) is 0.575. The summed E-state index contributed by atoms with van der Waals surface area (Å²) in [6.45, 7) is 0. The summed E-state index contributed by atoms with van der Waals surface area (Å²) in [7, 11) is 4.85. The van der Waals surface area contributed by atoms with Crippen LogP contribution < -0.4 is 61.4 Å². The van der Waals surface area contributed by atoms with Crippen molar-refractivity contribution in [2.75, 3.05) is 7.11 Å². The number of ether oxygens (including phenoxy) is 1. The number of carbonyl (C=O) groups is 1. The molecule has 0 radical (unpaired) electrons. The number of amides is 1. The summed E-state index contributed by atoms with van der Waals surface area (Å²) in [6.07, 6.45) is 0. The van der Waals surface area contributed by atoms with E-state index >= 15 is 0 Å². The molecular weight excluding hydrogens is 193 g/mol. The zero-order valence-corrected chi connectivity index (χ0v) is 11.0. The second-order valence-corrected chi connectivity index (χ2v) is 2.23. The number of rotatable bonds is 2. The Morgan fingerprint density at radius 1 is 1.38 bits per heavy atom. The van der Waals surface area contributed by atoms with Gasteiger partial charge in [0.25, 0.3) is 0 Å². The van der Waals surface area contributed by atoms with E-state index in [4.69, 9.17) is 4.74 Å². The molecule has 0 saturated carbocycles. The van der Waals surface area contributed by atoms with Crippen molar-refractivity contribution in [2.24, 2.45) is 0 Å². The Kier molecular flexibility index (Phi) is 6.62. The molecule has 3 nitrogen and oxygen atoms in total. The molecule has 1 rings (SSSR count). The van der Waals surface area contributed by atoms with E-state index < -0.39 is 0 Å². The molecule has 0 aliphatic heterocycles. The predicted octanol–water partition coefficient (Wildman–Crippen LogP) is -1.78. The average molecular weight is 203 g/mol. The number of methoxy groups -OCH3 is 1. The monoisotopic (exact) mass is 203 g/mol. The zero-order chi connectivity index (χ0) is 8.97. The van der Waals surface area contributed by atoms with E-state index in [0.717, 1.165) is 5.75 Å². The van der Waals surface area contributed by atoms with Gasteiger partial charge in [0.1, 0.15) is 5.75 Å². The van der Waals surface area contributed by atoms with Gasteiger partial charge in [-0.1, -0.05) is 0 Å². The number of benzene rings is 1. The predicted molar refractivity (Wildman–Crippen MR) is 45.8 cm³/mol. The van der Waals surface area contributed by atoms with Gasteiger partial charge in [-0.2, -0.15) is 0 Å². The van der Waals surface area contributed by atoms with Gasteiger partial charge in [-0.25, -0.2) is 0 Å². The largest absolute Gasteiger partial charge is 1.00 e. The molecule has 0 atom stereocenters. The van der Waals surface area contributed by atoms with Crippen LogP contribution in [0.1, 0.15) is 10.4 Å². The molecule has 1 N–H and O–H groups in total. The number of hydrogen-bond acceptors (Lipinski definition) is 2. The molecule has 0 aliphatic rings. The zero-order valence-electron chi connectivity index (χ0n) is 7.83. The fourth-order valence-corrected chi connectivity index (χ4v) is 0.844. The van der Waals surface area contributed by atoms with Crippen molar-refractivity contribution in [1.29, 1.82) is 0 Å². The van der Waals surface area contributed by atoms with Crippen LogP contribution in [0.15, 0.2) is 24.3 Å². The molecular formula is C9H10KNO2. The summed E-state index contributed by atoms with van der Waals surface area (Å²) in [6, 6.07) is 6.81. The van der Waals surface area contributed by atoms with Gasteiger partial charge in [0.05, 0.1) is 7.11 Å². The summed E-state index contributed by atoms with van der Waals surface area (Å²) in [5, 5.41) is 2.29. The third-order valence-electron chi connectivity index (χ3n) is 1.51. The third-order valence-corrected chi connectivity index (χ3v) is 1.51. The first-order chi connectivity index (χ1) is 5.77. The van der Waals surface area contributed by atoms with E-state index in [1.165, 1.54) is 0 Å². The second-order valence-electron chi connectivity index (χ2n) is 2.23. The average Bonchev–Trinajstić information content (AvgIpc) is 2.17. The molecule has 0 heterocycles. The molecule has 1 aromatic rings. The summed E-state index contributed by atoms with van der Waals surface area (Å²) in [4.78, 5) is 11.0. The van der Waals surface area contributed by atoms with E-state index in [0.29, 0.717) is 5.56 Å². The molecule has 0 unspecified atom stereocenters. The van der Waals surface area contributed by atoms with Crippen molar-refractivity contribution < 1.29 is 60.9 Å². The minimum absolute atomic E-state index is 0. The minimum Gasteiger partial charge on any atom is -0.504 e. The van der Waals surface area contributed by atoms with Crippen molar-refractivity contribution in [1.82, 2.24) is 5.32 Å². The van der Waals surface area contributed by atoms with Crippen LogP contribution in [0.3, 0.4) is 0 Å². The third kappa shape index (κ3) is 3.78. The van der Waals surface area contributed by atoms with Crippen LogP contribution in [0.5, 0.6) is 5.75 Å². The van der Waals surface area contributed by atoms with Gasteiger partial charge in [-0.3, -0.25) is 11.8 Å². The van der Waals surface area contributed by atoms with Crippen molar-refractivity contribution in [2.45, 2.75) is 0 Å². The van der Waals surface area contributed by atoms with Crippen LogP contribution in [-0.2, 0) is 0 Å². The molecule has 1 aromatic carbocycles. The fraction of sp³-hybridized carbons (Fsp3) is 0.111. The quantitative estimate of drug-likeness (QED) is 0.456. The first kappa shape index (κ1) is 13.1. The summed E-state index contributed by atoms with van der Waals surface area (Å²) < 4.78 is 4.94. The molecule has 0 aromatic heterocycles. The van der Waals surface area contributed by atoms with Crippen LogP contribution >= 0.6 is 0 Å². The van der Waals surface area contributed by atoms with Crippen LogP contribution in [0.25, 0.3) is 0 Å². The van der Waals surface area contributed by atoms with E-state index in [-0.39, 0.29) is 57.3 Å². The Bertz CT molecular complexity index is 271. The second kappa shape index (κ2) is 6.56. The van der Waals surface area contributed by atoms with Crippen molar-refractivity contribution in [3.05, 3.63) is 36.9 Å². The molecule has 1 amide bonds. The first-order valence-electron chi connectivity index (χ1n) is 3.49. The van der Waals surface area contributed by atoms with Crippen LogP contribution in [-0.4, -0.2) is 13.0 Å². The molecule has 13 heavy (non-hydrogen) atoms. The van der Waals surface area contributed by atoms with Crippen molar-refractivity contribution in [3.63, 3.8) is 0 Å². The number of nitrogens with one attached hydrogen (secondary N) is 1. The maximum atomic E-state index is 11.0. The SMILES string of the molecule is [CH2-]NC(=O)c1ccc(OC)cc1.[K+]. The summed E-state index contributed by atoms with van der Waals surface area (Å²) >= 11 is 0. The van der Waals surface area contributed by atoms with Crippen molar-refractivity contribution >= 4 is 5.91 Å². The first-order valence-corrected chi connectivity index (χ1v) is 3.49. The maximum Gasteiger partial charge on any atom is 1.00 e. The van der Waals surface area contributed by atoms with Gasteiger partial charge in [-0.15, -0.1) is 0 Å². The topological polar surface area (TPSA) is 38.3 Å². The Hall–Kier alpha value is 0.126. The van der Waals surface area contributed by atoms with Gasteiger partial charge < -0.3 is 10.1 Å². The van der Waals surface area contributed by atoms with Gasteiger partial charge in [0.15, 0.2) is 0 Å². The van der Waals surface area contributed by atoms with Gasteiger partial charge >= 0.3 is 51.4 Å². The standard InChI is InChI=1S/C9H10NO2.K/c1-10-9(11)7-3-5-8(12-2)6-4-7;/h3-6H,1H2,2H3,(H,10,11);/q-1;+1. The van der Waals surface area contributed by atoms with Gasteiger partial charge in [-0.05, 0) is 24.3 Å². The number of carbonyl (C=O) groups excluding carboxylic acids is 1. The van der Waals surface area contributed by atoms with E-state index in [1.807, 2.05) is 0 Å². The van der Waals surface area contributed by atoms with Gasteiger partial charge in [0.2, 0.25) is 5.91 Å². The Morgan fingerprint density at radius 3 is 2.31 bits per heavy atom. The van der Waals surface area contributed by atoms with Crippen LogP contribution in [0.4, 0.5) is 0 Å².